The number of aliphatic hydroxyl groups is 1. The number of hydrogen-bond donors (Lipinski definition) is 2. The molecular formula is C18H23F2NO2S2. The third kappa shape index (κ3) is 5.17. The van der Waals surface area contributed by atoms with Crippen molar-refractivity contribution in [2.75, 3.05) is 6.54 Å². The van der Waals surface area contributed by atoms with Gasteiger partial charge in [-0.05, 0) is 49.9 Å². The highest BCUT2D eigenvalue weighted by Crippen LogP contribution is 2.31. The van der Waals surface area contributed by atoms with E-state index in [-0.39, 0.29) is 6.42 Å². The number of Topliss-reactive ketones (excluding diaryl/α,β-unsaturated/α-hetero) is 1. The molecule has 0 saturated heterocycles. The maximum Gasteiger partial charge on any atom is 0.268 e. The van der Waals surface area contributed by atoms with Gasteiger partial charge in [0.2, 0.25) is 0 Å². The van der Waals surface area contributed by atoms with Crippen molar-refractivity contribution in [3.63, 3.8) is 0 Å². The molecule has 2 rings (SSSR count). The Morgan fingerprint density at radius 1 is 1.32 bits per heavy atom. The first-order valence-electron chi connectivity index (χ1n) is 8.25. The summed E-state index contributed by atoms with van der Waals surface area (Å²) in [5.41, 5.74) is -2.36. The Morgan fingerprint density at radius 2 is 2.08 bits per heavy atom. The molecule has 0 spiro atoms. The maximum absolute atomic E-state index is 13.0. The van der Waals surface area contributed by atoms with Crippen LogP contribution in [0.4, 0.5) is 8.78 Å². The minimum atomic E-state index is -2.98. The predicted molar refractivity (Wildman–Crippen MR) is 99.7 cm³/mol. The average Bonchev–Trinajstić information content (AvgIpc) is 3.25. The molecule has 2 atom stereocenters. The van der Waals surface area contributed by atoms with Gasteiger partial charge in [0.05, 0.1) is 0 Å². The van der Waals surface area contributed by atoms with Gasteiger partial charge in [-0.1, -0.05) is 13.0 Å². The zero-order valence-corrected chi connectivity index (χ0v) is 15.9. The molecule has 2 aromatic heterocycles. The molecule has 0 aliphatic heterocycles. The number of ketones is 1. The van der Waals surface area contributed by atoms with Gasteiger partial charge in [-0.25, -0.2) is 8.78 Å². The van der Waals surface area contributed by atoms with Crippen LogP contribution in [-0.4, -0.2) is 35.5 Å². The lowest BCUT2D eigenvalue weighted by atomic mass is 9.92. The lowest BCUT2D eigenvalue weighted by Crippen LogP contribution is -2.57. The standard InChI is InChI=1S/C18H23F2NO2S2/c1-3-13(22)16(18(2,23)17(19)20)21-10-4-6-12-8-9-15(25-12)14-7-5-11-24-14/h5,7-9,11,16-17,21,23H,3-4,6,10H2,1-2H3/t16-,18+/m1/s1. The number of carbonyl (C=O) groups excluding carboxylic acids is 1. The highest BCUT2D eigenvalue weighted by molar-refractivity contribution is 7.21. The van der Waals surface area contributed by atoms with Gasteiger partial charge in [-0.3, -0.25) is 4.79 Å². The normalized spacial score (nSPS) is 15.3. The van der Waals surface area contributed by atoms with E-state index in [0.29, 0.717) is 13.0 Å². The minimum absolute atomic E-state index is 0.107. The van der Waals surface area contributed by atoms with Crippen LogP contribution in [0.15, 0.2) is 29.6 Å². The van der Waals surface area contributed by atoms with E-state index in [9.17, 15) is 18.7 Å². The molecule has 0 bridgehead atoms. The number of halogens is 2. The van der Waals surface area contributed by atoms with Crippen LogP contribution in [0.3, 0.4) is 0 Å². The summed E-state index contributed by atoms with van der Waals surface area (Å²) in [5.74, 6) is -0.401. The van der Waals surface area contributed by atoms with Crippen LogP contribution in [-0.2, 0) is 11.2 Å². The van der Waals surface area contributed by atoms with Crippen molar-refractivity contribution < 1.29 is 18.7 Å². The maximum atomic E-state index is 13.0. The molecule has 0 aliphatic carbocycles. The molecule has 0 amide bonds. The molecule has 138 valence electrons. The Morgan fingerprint density at radius 3 is 2.68 bits per heavy atom. The number of carbonyl (C=O) groups is 1. The number of rotatable bonds is 10. The molecule has 0 aromatic carbocycles. The number of hydrogen-bond acceptors (Lipinski definition) is 5. The smallest absolute Gasteiger partial charge is 0.268 e. The average molecular weight is 388 g/mol. The molecule has 0 fully saturated rings. The molecule has 25 heavy (non-hydrogen) atoms. The Labute approximate surface area is 154 Å². The van der Waals surface area contributed by atoms with E-state index in [1.54, 1.807) is 29.6 Å². The first-order valence-corrected chi connectivity index (χ1v) is 9.95. The fourth-order valence-electron chi connectivity index (χ4n) is 2.55. The van der Waals surface area contributed by atoms with Crippen molar-refractivity contribution in [1.29, 1.82) is 0 Å². The molecule has 2 aromatic rings. The van der Waals surface area contributed by atoms with Crippen molar-refractivity contribution in [3.05, 3.63) is 34.5 Å². The first-order chi connectivity index (χ1) is 11.9. The summed E-state index contributed by atoms with van der Waals surface area (Å²) in [6.07, 6.45) is -1.37. The lowest BCUT2D eigenvalue weighted by molar-refractivity contribution is -0.141. The number of aryl methyl sites for hydroxylation is 1. The Hall–Kier alpha value is -1.15. The predicted octanol–water partition coefficient (Wildman–Crippen LogP) is 4.36. The van der Waals surface area contributed by atoms with Gasteiger partial charge in [0.15, 0.2) is 5.78 Å². The van der Waals surface area contributed by atoms with E-state index >= 15 is 0 Å². The molecule has 0 aliphatic rings. The Balaban J connectivity index is 1.87. The minimum Gasteiger partial charge on any atom is -0.382 e. The van der Waals surface area contributed by atoms with Crippen LogP contribution < -0.4 is 5.32 Å². The van der Waals surface area contributed by atoms with Crippen molar-refractivity contribution in [2.24, 2.45) is 0 Å². The summed E-state index contributed by atoms with van der Waals surface area (Å²) in [5, 5.41) is 14.8. The summed E-state index contributed by atoms with van der Waals surface area (Å²) in [4.78, 5) is 15.6. The van der Waals surface area contributed by atoms with E-state index in [2.05, 4.69) is 23.5 Å². The number of nitrogens with one attached hydrogen (secondary N) is 1. The second-order valence-electron chi connectivity index (χ2n) is 6.08. The van der Waals surface area contributed by atoms with Gasteiger partial charge in [0.25, 0.3) is 6.43 Å². The second kappa shape index (κ2) is 8.98. The van der Waals surface area contributed by atoms with Crippen LogP contribution in [0.2, 0.25) is 0 Å². The monoisotopic (exact) mass is 387 g/mol. The van der Waals surface area contributed by atoms with Crippen molar-refractivity contribution in [1.82, 2.24) is 5.32 Å². The quantitative estimate of drug-likeness (QED) is 0.596. The molecule has 0 radical (unpaired) electrons. The summed E-state index contributed by atoms with van der Waals surface area (Å²) in [6, 6.07) is 7.01. The van der Waals surface area contributed by atoms with E-state index < -0.39 is 23.9 Å². The van der Waals surface area contributed by atoms with E-state index in [4.69, 9.17) is 0 Å². The molecule has 3 nitrogen and oxygen atoms in total. The SMILES string of the molecule is CCC(=O)[C@@H](NCCCc1ccc(-c2cccs2)s1)[C@](C)(O)C(F)F. The highest BCUT2D eigenvalue weighted by Gasteiger charge is 2.43. The molecular weight excluding hydrogens is 364 g/mol. The molecule has 2 heterocycles. The Bertz CT molecular complexity index is 668. The topological polar surface area (TPSA) is 49.3 Å². The fourth-order valence-corrected chi connectivity index (χ4v) is 4.43. The van der Waals surface area contributed by atoms with Crippen LogP contribution in [0.1, 0.15) is 31.6 Å². The van der Waals surface area contributed by atoms with Gasteiger partial charge in [-0.2, -0.15) is 0 Å². The Kier molecular flexibility index (Phi) is 7.25. The molecule has 0 unspecified atom stereocenters. The van der Waals surface area contributed by atoms with Gasteiger partial charge >= 0.3 is 0 Å². The second-order valence-corrected chi connectivity index (χ2v) is 8.20. The van der Waals surface area contributed by atoms with Crippen molar-refractivity contribution >= 4 is 28.5 Å². The van der Waals surface area contributed by atoms with Crippen LogP contribution in [0.25, 0.3) is 9.75 Å². The number of thiophene rings is 2. The highest BCUT2D eigenvalue weighted by atomic mass is 32.1. The van der Waals surface area contributed by atoms with E-state index in [0.717, 1.165) is 13.3 Å². The largest absolute Gasteiger partial charge is 0.382 e. The summed E-state index contributed by atoms with van der Waals surface area (Å²) >= 11 is 3.41. The van der Waals surface area contributed by atoms with Crippen molar-refractivity contribution in [2.45, 2.75) is 51.2 Å². The van der Waals surface area contributed by atoms with Crippen molar-refractivity contribution in [3.8, 4) is 9.75 Å². The summed E-state index contributed by atoms with van der Waals surface area (Å²) < 4.78 is 26.1. The van der Waals surface area contributed by atoms with Crippen LogP contribution in [0, 0.1) is 0 Å². The first kappa shape index (κ1) is 20.2. The molecule has 0 saturated carbocycles. The zero-order chi connectivity index (χ0) is 18.4. The third-order valence-electron chi connectivity index (χ3n) is 4.07. The lowest BCUT2D eigenvalue weighted by Gasteiger charge is -2.31. The van der Waals surface area contributed by atoms with Crippen LogP contribution in [0.5, 0.6) is 0 Å². The fraction of sp³-hybridized carbons (Fsp3) is 0.500. The van der Waals surface area contributed by atoms with Gasteiger partial charge in [-0.15, -0.1) is 22.7 Å². The summed E-state index contributed by atoms with van der Waals surface area (Å²) in [7, 11) is 0. The molecule has 2 N–H and O–H groups in total. The number of alkyl halides is 2. The third-order valence-corrected chi connectivity index (χ3v) is 6.28. The van der Waals surface area contributed by atoms with Gasteiger partial charge in [0.1, 0.15) is 11.6 Å². The van der Waals surface area contributed by atoms with E-state index in [1.807, 2.05) is 11.4 Å². The van der Waals surface area contributed by atoms with E-state index in [1.165, 1.54) is 14.6 Å². The zero-order valence-electron chi connectivity index (χ0n) is 14.3. The molecule has 7 heteroatoms. The van der Waals surface area contributed by atoms with Gasteiger partial charge in [0, 0.05) is 21.1 Å². The van der Waals surface area contributed by atoms with Crippen LogP contribution >= 0.6 is 22.7 Å². The summed E-state index contributed by atoms with van der Waals surface area (Å²) in [6.45, 7) is 3.01. The van der Waals surface area contributed by atoms with Gasteiger partial charge < -0.3 is 10.4 Å².